The Labute approximate surface area is 72.3 Å². The van der Waals surface area contributed by atoms with Crippen molar-refractivity contribution >= 4 is 31.9 Å². The molecule has 50 valence electrons. The summed E-state index contributed by atoms with van der Waals surface area (Å²) in [4.78, 5) is 0. The average molecular weight is 252 g/mol. The minimum Gasteiger partial charge on any atom is -0.0880 e. The standard InChI is InChI=1S/C7H8Br2/c8-5-6-1-3-7(9)4-2-6/h1,3H,2,4-5H2. The number of allylic oxidation sites excluding steroid dienone is 4. The van der Waals surface area contributed by atoms with Crippen LogP contribution in [0.4, 0.5) is 0 Å². The fourth-order valence-electron chi connectivity index (χ4n) is 0.766. The van der Waals surface area contributed by atoms with Gasteiger partial charge in [0.1, 0.15) is 0 Å². The zero-order valence-electron chi connectivity index (χ0n) is 5.03. The molecule has 0 aromatic rings. The molecule has 0 heterocycles. The smallest absolute Gasteiger partial charge is 0.0245 e. The fraction of sp³-hybridized carbons (Fsp3) is 0.429. The van der Waals surface area contributed by atoms with Crippen LogP contribution in [0.2, 0.25) is 0 Å². The lowest BCUT2D eigenvalue weighted by molar-refractivity contribution is 0.959. The van der Waals surface area contributed by atoms with Gasteiger partial charge < -0.3 is 0 Å². The largest absolute Gasteiger partial charge is 0.0880 e. The van der Waals surface area contributed by atoms with Crippen molar-refractivity contribution in [1.82, 2.24) is 0 Å². The molecule has 0 saturated carbocycles. The molecule has 0 amide bonds. The van der Waals surface area contributed by atoms with Crippen molar-refractivity contribution in [1.29, 1.82) is 0 Å². The van der Waals surface area contributed by atoms with E-state index in [9.17, 15) is 0 Å². The summed E-state index contributed by atoms with van der Waals surface area (Å²) in [5, 5.41) is 1.02. The Bertz CT molecular complexity index is 156. The first-order valence-electron chi connectivity index (χ1n) is 2.93. The third-order valence-electron chi connectivity index (χ3n) is 1.36. The van der Waals surface area contributed by atoms with Crippen LogP contribution in [0.1, 0.15) is 12.8 Å². The lowest BCUT2D eigenvalue weighted by Gasteiger charge is -2.06. The van der Waals surface area contributed by atoms with Crippen molar-refractivity contribution < 1.29 is 0 Å². The van der Waals surface area contributed by atoms with Gasteiger partial charge in [-0.05, 0) is 17.3 Å². The molecule has 0 aromatic carbocycles. The molecular weight excluding hydrogens is 244 g/mol. The summed E-state index contributed by atoms with van der Waals surface area (Å²) in [5.41, 5.74) is 1.48. The molecule has 0 nitrogen and oxygen atoms in total. The Morgan fingerprint density at radius 2 is 2.11 bits per heavy atom. The molecule has 0 radical (unpaired) electrons. The minimum atomic E-state index is 1.02. The maximum absolute atomic E-state index is 3.45. The summed E-state index contributed by atoms with van der Waals surface area (Å²) in [6, 6.07) is 0. The number of alkyl halides is 1. The van der Waals surface area contributed by atoms with Crippen LogP contribution in [0.5, 0.6) is 0 Å². The Morgan fingerprint density at radius 3 is 2.56 bits per heavy atom. The zero-order valence-corrected chi connectivity index (χ0v) is 8.20. The van der Waals surface area contributed by atoms with Gasteiger partial charge in [-0.2, -0.15) is 0 Å². The zero-order chi connectivity index (χ0) is 6.69. The molecule has 0 aromatic heterocycles. The highest BCUT2D eigenvalue weighted by Crippen LogP contribution is 2.22. The number of rotatable bonds is 1. The van der Waals surface area contributed by atoms with E-state index >= 15 is 0 Å². The van der Waals surface area contributed by atoms with E-state index in [0.29, 0.717) is 0 Å². The third kappa shape index (κ3) is 2.26. The molecule has 0 N–H and O–H groups in total. The predicted octanol–water partition coefficient (Wildman–Crippen LogP) is 3.38. The van der Waals surface area contributed by atoms with Crippen LogP contribution >= 0.6 is 31.9 Å². The summed E-state index contributed by atoms with van der Waals surface area (Å²) in [6.07, 6.45) is 6.65. The van der Waals surface area contributed by atoms with Gasteiger partial charge in [-0.15, -0.1) is 0 Å². The normalized spacial score (nSPS) is 18.9. The van der Waals surface area contributed by atoms with E-state index in [4.69, 9.17) is 0 Å². The van der Waals surface area contributed by atoms with E-state index in [2.05, 4.69) is 44.0 Å². The average Bonchev–Trinajstić information content (AvgIpc) is 1.90. The van der Waals surface area contributed by atoms with Gasteiger partial charge >= 0.3 is 0 Å². The minimum absolute atomic E-state index is 1.02. The first-order valence-corrected chi connectivity index (χ1v) is 4.84. The van der Waals surface area contributed by atoms with Gasteiger partial charge in [0.25, 0.3) is 0 Å². The van der Waals surface area contributed by atoms with E-state index < -0.39 is 0 Å². The van der Waals surface area contributed by atoms with Crippen molar-refractivity contribution in [3.63, 3.8) is 0 Å². The Hall–Kier alpha value is 0.440. The second kappa shape index (κ2) is 3.57. The topological polar surface area (TPSA) is 0 Å². The lowest BCUT2D eigenvalue weighted by atomic mass is 10.1. The van der Waals surface area contributed by atoms with Crippen LogP contribution in [0, 0.1) is 0 Å². The van der Waals surface area contributed by atoms with Gasteiger partial charge in [-0.25, -0.2) is 0 Å². The number of hydrogen-bond acceptors (Lipinski definition) is 0. The van der Waals surface area contributed by atoms with E-state index in [1.165, 1.54) is 16.5 Å². The molecule has 0 spiro atoms. The van der Waals surface area contributed by atoms with Crippen LogP contribution in [0.15, 0.2) is 22.2 Å². The Balaban J connectivity index is 2.59. The second-order valence-electron chi connectivity index (χ2n) is 2.07. The molecular formula is C7H8Br2. The summed E-state index contributed by atoms with van der Waals surface area (Å²) in [5.74, 6) is 0. The van der Waals surface area contributed by atoms with Gasteiger partial charge in [-0.3, -0.25) is 0 Å². The molecule has 1 aliphatic rings. The lowest BCUT2D eigenvalue weighted by Crippen LogP contribution is -1.89. The molecule has 1 rings (SSSR count). The van der Waals surface area contributed by atoms with Gasteiger partial charge in [0.2, 0.25) is 0 Å². The maximum Gasteiger partial charge on any atom is 0.0245 e. The van der Waals surface area contributed by atoms with Crippen LogP contribution < -0.4 is 0 Å². The van der Waals surface area contributed by atoms with E-state index in [1.54, 1.807) is 0 Å². The van der Waals surface area contributed by atoms with Crippen LogP contribution in [-0.4, -0.2) is 5.33 Å². The maximum atomic E-state index is 3.45. The molecule has 1 aliphatic carbocycles. The number of hydrogen-bond donors (Lipinski definition) is 0. The van der Waals surface area contributed by atoms with Crippen molar-refractivity contribution in [3.05, 3.63) is 22.2 Å². The molecule has 9 heavy (non-hydrogen) atoms. The summed E-state index contributed by atoms with van der Waals surface area (Å²) in [6.45, 7) is 0. The first kappa shape index (κ1) is 7.55. The molecule has 0 bridgehead atoms. The third-order valence-corrected chi connectivity index (χ3v) is 2.74. The highest BCUT2D eigenvalue weighted by molar-refractivity contribution is 9.11. The van der Waals surface area contributed by atoms with Crippen molar-refractivity contribution in [2.24, 2.45) is 0 Å². The van der Waals surface area contributed by atoms with Crippen LogP contribution in [0.25, 0.3) is 0 Å². The van der Waals surface area contributed by atoms with Gasteiger partial charge in [0.15, 0.2) is 0 Å². The molecule has 0 saturated heterocycles. The predicted molar refractivity (Wildman–Crippen MR) is 48.1 cm³/mol. The summed E-state index contributed by atoms with van der Waals surface area (Å²) >= 11 is 6.86. The van der Waals surface area contributed by atoms with Gasteiger partial charge in [0.05, 0.1) is 0 Å². The van der Waals surface area contributed by atoms with Crippen molar-refractivity contribution in [3.8, 4) is 0 Å². The fourth-order valence-corrected chi connectivity index (χ4v) is 1.56. The quantitative estimate of drug-likeness (QED) is 0.627. The van der Waals surface area contributed by atoms with Crippen LogP contribution in [-0.2, 0) is 0 Å². The molecule has 0 fully saturated rings. The van der Waals surface area contributed by atoms with E-state index in [0.717, 1.165) is 11.8 Å². The molecule has 2 heteroatoms. The highest BCUT2D eigenvalue weighted by Gasteiger charge is 2.01. The van der Waals surface area contributed by atoms with E-state index in [1.807, 2.05) is 0 Å². The van der Waals surface area contributed by atoms with Gasteiger partial charge in [0, 0.05) is 5.33 Å². The highest BCUT2D eigenvalue weighted by atomic mass is 79.9. The van der Waals surface area contributed by atoms with Gasteiger partial charge in [-0.1, -0.05) is 49.6 Å². The molecule has 0 aliphatic heterocycles. The van der Waals surface area contributed by atoms with Crippen molar-refractivity contribution in [2.75, 3.05) is 5.33 Å². The first-order chi connectivity index (χ1) is 4.33. The SMILES string of the molecule is BrCC1=CC=C(Br)CC1. The van der Waals surface area contributed by atoms with Crippen molar-refractivity contribution in [2.45, 2.75) is 12.8 Å². The summed E-state index contributed by atoms with van der Waals surface area (Å²) < 4.78 is 1.31. The van der Waals surface area contributed by atoms with E-state index in [-0.39, 0.29) is 0 Å². The molecule has 0 atom stereocenters. The second-order valence-corrected chi connectivity index (χ2v) is 3.65. The monoisotopic (exact) mass is 250 g/mol. The number of halogens is 2. The Morgan fingerprint density at radius 1 is 1.33 bits per heavy atom. The van der Waals surface area contributed by atoms with Crippen LogP contribution in [0.3, 0.4) is 0 Å². The Kier molecular flexibility index (Phi) is 2.99. The molecule has 0 unspecified atom stereocenters. The summed E-state index contributed by atoms with van der Waals surface area (Å²) in [7, 11) is 0.